The van der Waals surface area contributed by atoms with E-state index >= 15 is 0 Å². The fourth-order valence-corrected chi connectivity index (χ4v) is 8.75. The average Bonchev–Trinajstić information content (AvgIpc) is 2.74. The van der Waals surface area contributed by atoms with Crippen LogP contribution >= 0.6 is 12.6 Å². The van der Waals surface area contributed by atoms with Gasteiger partial charge in [-0.05, 0) is 42.9 Å². The number of hydrogen-bond acceptors (Lipinski definition) is 7. The van der Waals surface area contributed by atoms with Crippen molar-refractivity contribution in [1.82, 2.24) is 0 Å². The lowest BCUT2D eigenvalue weighted by molar-refractivity contribution is -0.458. The van der Waals surface area contributed by atoms with Crippen molar-refractivity contribution in [2.24, 2.45) is 39.9 Å². The van der Waals surface area contributed by atoms with Crippen LogP contribution in [0.1, 0.15) is 39.5 Å². The molecule has 6 nitrogen and oxygen atoms in total. The molecule has 0 aromatic heterocycles. The summed E-state index contributed by atoms with van der Waals surface area (Å²) in [6.45, 7) is 4.22. The summed E-state index contributed by atoms with van der Waals surface area (Å²) >= 11 is 4.34. The summed E-state index contributed by atoms with van der Waals surface area (Å²) in [7, 11) is 0. The van der Waals surface area contributed by atoms with Crippen molar-refractivity contribution < 1.29 is 30.0 Å². The van der Waals surface area contributed by atoms with Crippen LogP contribution in [0.25, 0.3) is 0 Å². The third-order valence-electron chi connectivity index (χ3n) is 9.27. The van der Waals surface area contributed by atoms with Gasteiger partial charge in [-0.2, -0.15) is 12.6 Å². The SMILES string of the molecule is CC1(C)CC[C@H](O)[C@]23CO[C@](O)([C@@H](O)[C@H]12)[C@]12C(=O)[C@H](CS)[C@H](CC[C@@H]31)[C@H]2O. The molecule has 152 valence electrons. The minimum atomic E-state index is -2.12. The maximum atomic E-state index is 13.6. The summed E-state index contributed by atoms with van der Waals surface area (Å²) in [5.41, 5.74) is -2.73. The number of carbonyl (C=O) groups is 1. The maximum Gasteiger partial charge on any atom is 0.208 e. The van der Waals surface area contributed by atoms with Crippen LogP contribution in [0, 0.1) is 39.9 Å². The lowest BCUT2D eigenvalue weighted by Gasteiger charge is -2.74. The van der Waals surface area contributed by atoms with Crippen LogP contribution in [0.3, 0.4) is 0 Å². The molecular formula is C20H30O6S. The van der Waals surface area contributed by atoms with Gasteiger partial charge in [0.15, 0.2) is 5.78 Å². The molecule has 4 saturated carbocycles. The molecule has 2 spiro atoms. The van der Waals surface area contributed by atoms with Gasteiger partial charge in [0.05, 0.1) is 18.8 Å². The summed E-state index contributed by atoms with van der Waals surface area (Å²) in [6.07, 6.45) is -0.555. The Hall–Kier alpha value is -0.180. The van der Waals surface area contributed by atoms with E-state index in [2.05, 4.69) is 26.5 Å². The summed E-state index contributed by atoms with van der Waals surface area (Å²) in [5, 5.41) is 45.6. The lowest BCUT2D eigenvalue weighted by atomic mass is 9.35. The van der Waals surface area contributed by atoms with E-state index in [1.54, 1.807) is 0 Å². The monoisotopic (exact) mass is 398 g/mol. The smallest absolute Gasteiger partial charge is 0.208 e. The first-order valence-electron chi connectivity index (χ1n) is 10.2. The van der Waals surface area contributed by atoms with Crippen LogP contribution in [0.15, 0.2) is 0 Å². The first-order valence-corrected chi connectivity index (χ1v) is 10.8. The van der Waals surface area contributed by atoms with Gasteiger partial charge in [0, 0.05) is 23.0 Å². The molecule has 0 aromatic rings. The van der Waals surface area contributed by atoms with Crippen molar-refractivity contribution in [2.45, 2.75) is 63.6 Å². The minimum absolute atomic E-state index is 0.110. The lowest BCUT2D eigenvalue weighted by Crippen LogP contribution is -2.85. The van der Waals surface area contributed by atoms with E-state index in [-0.39, 0.29) is 23.7 Å². The van der Waals surface area contributed by atoms with Crippen LogP contribution in [0.4, 0.5) is 0 Å². The topological polar surface area (TPSA) is 107 Å². The number of aliphatic hydroxyl groups is 4. The highest BCUT2D eigenvalue weighted by atomic mass is 32.1. The van der Waals surface area contributed by atoms with E-state index in [0.29, 0.717) is 25.0 Å². The summed E-state index contributed by atoms with van der Waals surface area (Å²) < 4.78 is 5.86. The molecule has 27 heavy (non-hydrogen) atoms. The van der Waals surface area contributed by atoms with Gasteiger partial charge in [-0.25, -0.2) is 0 Å². The second kappa shape index (κ2) is 5.29. The van der Waals surface area contributed by atoms with Crippen LogP contribution in [0.5, 0.6) is 0 Å². The van der Waals surface area contributed by atoms with E-state index in [0.717, 1.165) is 6.42 Å². The van der Waals surface area contributed by atoms with Crippen LogP contribution in [0.2, 0.25) is 0 Å². The van der Waals surface area contributed by atoms with E-state index in [1.807, 2.05) is 0 Å². The average molecular weight is 399 g/mol. The minimum Gasteiger partial charge on any atom is -0.392 e. The fraction of sp³-hybridized carbons (Fsp3) is 0.950. The molecule has 2 heterocycles. The van der Waals surface area contributed by atoms with E-state index < -0.39 is 52.7 Å². The van der Waals surface area contributed by atoms with Crippen molar-refractivity contribution in [2.75, 3.05) is 12.4 Å². The van der Waals surface area contributed by atoms with Gasteiger partial charge < -0.3 is 25.2 Å². The highest BCUT2D eigenvalue weighted by molar-refractivity contribution is 7.80. The molecule has 6 aliphatic rings. The number of ketones is 1. The Kier molecular flexibility index (Phi) is 3.69. The molecule has 6 fully saturated rings. The van der Waals surface area contributed by atoms with Gasteiger partial charge in [0.25, 0.3) is 0 Å². The van der Waals surface area contributed by atoms with E-state index in [4.69, 9.17) is 4.74 Å². The second-order valence-corrected chi connectivity index (χ2v) is 10.7. The largest absolute Gasteiger partial charge is 0.392 e. The number of Topliss-reactive ketones (excluding diaryl/α,β-unsaturated/α-hetero) is 1. The van der Waals surface area contributed by atoms with Gasteiger partial charge in [-0.1, -0.05) is 13.8 Å². The Balaban J connectivity index is 1.78. The normalized spacial score (nSPS) is 60.9. The molecule has 2 aliphatic heterocycles. The van der Waals surface area contributed by atoms with Crippen LogP contribution in [-0.2, 0) is 9.53 Å². The van der Waals surface area contributed by atoms with Crippen molar-refractivity contribution >= 4 is 18.4 Å². The quantitative estimate of drug-likeness (QED) is 0.409. The number of ether oxygens (including phenoxy) is 1. The number of carbonyl (C=O) groups excluding carboxylic acids is 1. The molecule has 0 radical (unpaired) electrons. The van der Waals surface area contributed by atoms with Gasteiger partial charge in [-0.3, -0.25) is 4.79 Å². The number of thiol groups is 1. The Labute approximate surface area is 164 Å². The van der Waals surface area contributed by atoms with Crippen molar-refractivity contribution in [1.29, 1.82) is 0 Å². The number of hydrogen-bond donors (Lipinski definition) is 5. The van der Waals surface area contributed by atoms with Gasteiger partial charge in [-0.15, -0.1) is 0 Å². The highest BCUT2D eigenvalue weighted by Gasteiger charge is 2.87. The summed E-state index contributed by atoms with van der Waals surface area (Å²) in [5.74, 6) is -3.61. The first kappa shape index (κ1) is 18.8. The van der Waals surface area contributed by atoms with Crippen LogP contribution in [-0.4, -0.2) is 62.7 Å². The summed E-state index contributed by atoms with van der Waals surface area (Å²) in [4.78, 5) is 13.6. The van der Waals surface area contributed by atoms with E-state index in [1.165, 1.54) is 0 Å². The maximum absolute atomic E-state index is 13.6. The highest BCUT2D eigenvalue weighted by Crippen LogP contribution is 2.76. The molecule has 0 aromatic carbocycles. The molecule has 4 bridgehead atoms. The van der Waals surface area contributed by atoms with Gasteiger partial charge in [0.1, 0.15) is 11.5 Å². The predicted molar refractivity (Wildman–Crippen MR) is 98.9 cm³/mol. The number of aliphatic hydroxyl groups excluding tert-OH is 3. The molecule has 2 saturated heterocycles. The Morgan fingerprint density at radius 2 is 1.85 bits per heavy atom. The van der Waals surface area contributed by atoms with Gasteiger partial charge in [0.2, 0.25) is 5.79 Å². The third-order valence-corrected chi connectivity index (χ3v) is 9.67. The number of rotatable bonds is 1. The molecule has 6 rings (SSSR count). The molecule has 7 heteroatoms. The van der Waals surface area contributed by atoms with Crippen molar-refractivity contribution in [3.8, 4) is 0 Å². The van der Waals surface area contributed by atoms with Crippen LogP contribution < -0.4 is 0 Å². The van der Waals surface area contributed by atoms with Crippen molar-refractivity contribution in [3.63, 3.8) is 0 Å². The molecular weight excluding hydrogens is 368 g/mol. The zero-order valence-electron chi connectivity index (χ0n) is 15.8. The molecule has 0 unspecified atom stereocenters. The molecule has 0 amide bonds. The Morgan fingerprint density at radius 3 is 2.52 bits per heavy atom. The molecule has 10 atom stereocenters. The standard InChI is InChI=1S/C20H30O6S/c1-17(2)6-5-12(21)18-8-26-20(25,16(24)13(17)18)19-11(18)4-3-9(14(19)22)10(7-27)15(19)23/h9-14,16,21-22,24-25,27H,3-8H2,1-2H3/t9-,10+,11-,12-,13+,14+,16-,18+,19+,20+/m0/s1. The second-order valence-electron chi connectivity index (χ2n) is 10.3. The zero-order valence-corrected chi connectivity index (χ0v) is 16.7. The van der Waals surface area contributed by atoms with Gasteiger partial charge >= 0.3 is 0 Å². The van der Waals surface area contributed by atoms with Crippen molar-refractivity contribution in [3.05, 3.63) is 0 Å². The Morgan fingerprint density at radius 1 is 1.15 bits per heavy atom. The Bertz CT molecular complexity index is 698. The first-order chi connectivity index (χ1) is 12.6. The predicted octanol–water partition coefficient (Wildman–Crippen LogP) is 0.365. The third kappa shape index (κ3) is 1.70. The zero-order chi connectivity index (χ0) is 19.6. The molecule has 4 aliphatic carbocycles. The van der Waals surface area contributed by atoms with E-state index in [9.17, 15) is 25.2 Å². The summed E-state index contributed by atoms with van der Waals surface area (Å²) in [6, 6.07) is 0. The molecule has 4 N–H and O–H groups in total. The fourth-order valence-electron chi connectivity index (χ4n) is 8.31. The number of fused-ring (bicyclic) bond motifs is 2.